The summed E-state index contributed by atoms with van der Waals surface area (Å²) in [5.41, 5.74) is 5.86. The van der Waals surface area contributed by atoms with E-state index in [0.29, 0.717) is 34.4 Å². The molecule has 5 nitrogen and oxygen atoms in total. The SMILES string of the molecule is CCCNn1c(C)c(C(=O)NCCCc2ccc(Cl)cc2)c(C)c(Br)c1=O. The minimum absolute atomic E-state index is 0.172. The molecule has 27 heavy (non-hydrogen) atoms. The van der Waals surface area contributed by atoms with E-state index in [0.717, 1.165) is 24.3 Å². The van der Waals surface area contributed by atoms with Crippen molar-refractivity contribution in [1.29, 1.82) is 0 Å². The smallest absolute Gasteiger partial charge is 0.283 e. The maximum atomic E-state index is 12.7. The third-order valence-corrected chi connectivity index (χ3v) is 5.57. The molecule has 0 fully saturated rings. The van der Waals surface area contributed by atoms with E-state index in [1.54, 1.807) is 13.8 Å². The van der Waals surface area contributed by atoms with E-state index >= 15 is 0 Å². The molecule has 0 bridgehead atoms. The molecule has 0 unspecified atom stereocenters. The number of amides is 1. The van der Waals surface area contributed by atoms with Crippen LogP contribution in [0, 0.1) is 13.8 Å². The van der Waals surface area contributed by atoms with Gasteiger partial charge < -0.3 is 10.7 Å². The minimum atomic E-state index is -0.183. The van der Waals surface area contributed by atoms with Gasteiger partial charge in [-0.25, -0.2) is 4.68 Å². The van der Waals surface area contributed by atoms with Crippen molar-refractivity contribution >= 4 is 33.4 Å². The predicted molar refractivity (Wildman–Crippen MR) is 115 cm³/mol. The highest BCUT2D eigenvalue weighted by molar-refractivity contribution is 9.10. The lowest BCUT2D eigenvalue weighted by molar-refractivity contribution is 0.0951. The Hall–Kier alpha value is -1.79. The fraction of sp³-hybridized carbons (Fsp3) is 0.400. The predicted octanol–water partition coefficient (Wildman–Crippen LogP) is 4.20. The molecule has 0 saturated carbocycles. The van der Waals surface area contributed by atoms with Crippen molar-refractivity contribution in [2.24, 2.45) is 0 Å². The van der Waals surface area contributed by atoms with E-state index in [9.17, 15) is 9.59 Å². The van der Waals surface area contributed by atoms with Gasteiger partial charge in [0.25, 0.3) is 11.5 Å². The molecule has 7 heteroatoms. The van der Waals surface area contributed by atoms with Gasteiger partial charge in [-0.1, -0.05) is 30.7 Å². The first-order chi connectivity index (χ1) is 12.9. The molecule has 0 spiro atoms. The van der Waals surface area contributed by atoms with Gasteiger partial charge in [0.15, 0.2) is 0 Å². The molecule has 0 aliphatic carbocycles. The average molecular weight is 455 g/mol. The number of benzene rings is 1. The summed E-state index contributed by atoms with van der Waals surface area (Å²) in [7, 11) is 0. The van der Waals surface area contributed by atoms with Gasteiger partial charge in [0.05, 0.1) is 15.7 Å². The Labute approximate surface area is 173 Å². The van der Waals surface area contributed by atoms with E-state index < -0.39 is 0 Å². The van der Waals surface area contributed by atoms with Gasteiger partial charge in [0, 0.05) is 18.1 Å². The normalized spacial score (nSPS) is 10.7. The quantitative estimate of drug-likeness (QED) is 0.588. The lowest BCUT2D eigenvalue weighted by atomic mass is 10.1. The molecular formula is C20H25BrClN3O2. The number of pyridine rings is 1. The molecule has 1 aromatic carbocycles. The minimum Gasteiger partial charge on any atom is -0.352 e. The molecule has 1 aromatic heterocycles. The zero-order valence-electron chi connectivity index (χ0n) is 15.9. The number of hydrogen-bond acceptors (Lipinski definition) is 3. The van der Waals surface area contributed by atoms with E-state index in [2.05, 4.69) is 26.7 Å². The molecule has 146 valence electrons. The Kier molecular flexibility index (Phi) is 7.92. The number of carbonyl (C=O) groups is 1. The molecule has 2 N–H and O–H groups in total. The third kappa shape index (κ3) is 5.36. The summed E-state index contributed by atoms with van der Waals surface area (Å²) in [5, 5.41) is 3.68. The summed E-state index contributed by atoms with van der Waals surface area (Å²) in [5.74, 6) is -0.172. The summed E-state index contributed by atoms with van der Waals surface area (Å²) in [6, 6.07) is 7.72. The summed E-state index contributed by atoms with van der Waals surface area (Å²) < 4.78 is 1.85. The Morgan fingerprint density at radius 1 is 1.19 bits per heavy atom. The van der Waals surface area contributed by atoms with Crippen LogP contribution in [0.25, 0.3) is 0 Å². The molecule has 0 aliphatic rings. The van der Waals surface area contributed by atoms with Crippen LogP contribution < -0.4 is 16.3 Å². The zero-order valence-corrected chi connectivity index (χ0v) is 18.2. The average Bonchev–Trinajstić information content (AvgIpc) is 2.65. The van der Waals surface area contributed by atoms with Crippen LogP contribution >= 0.6 is 27.5 Å². The van der Waals surface area contributed by atoms with Gasteiger partial charge in [-0.15, -0.1) is 0 Å². The van der Waals surface area contributed by atoms with Crippen LogP contribution in [0.15, 0.2) is 33.5 Å². The van der Waals surface area contributed by atoms with Gasteiger partial charge in [0.2, 0.25) is 0 Å². The highest BCUT2D eigenvalue weighted by atomic mass is 79.9. The maximum Gasteiger partial charge on any atom is 0.283 e. The van der Waals surface area contributed by atoms with Crippen molar-refractivity contribution in [3.63, 3.8) is 0 Å². The topological polar surface area (TPSA) is 63.1 Å². The first-order valence-electron chi connectivity index (χ1n) is 9.05. The van der Waals surface area contributed by atoms with Crippen LogP contribution in [0.5, 0.6) is 0 Å². The number of nitrogens with one attached hydrogen (secondary N) is 2. The Bertz CT molecular complexity index is 863. The second-order valence-corrected chi connectivity index (χ2v) is 7.66. The molecule has 0 aliphatic heterocycles. The Morgan fingerprint density at radius 2 is 1.85 bits per heavy atom. The van der Waals surface area contributed by atoms with Crippen molar-refractivity contribution in [3.8, 4) is 0 Å². The number of nitrogens with zero attached hydrogens (tertiary/aromatic N) is 1. The second-order valence-electron chi connectivity index (χ2n) is 6.43. The molecule has 0 radical (unpaired) electrons. The number of rotatable bonds is 8. The van der Waals surface area contributed by atoms with E-state index in [-0.39, 0.29) is 11.5 Å². The fourth-order valence-corrected chi connectivity index (χ4v) is 3.39. The number of halogens is 2. The maximum absolute atomic E-state index is 12.7. The van der Waals surface area contributed by atoms with Crippen LogP contribution in [-0.2, 0) is 6.42 Å². The number of aryl methyl sites for hydroxylation is 1. The van der Waals surface area contributed by atoms with Crippen molar-refractivity contribution in [1.82, 2.24) is 9.99 Å². The standard InChI is InChI=1S/C20H25BrClN3O2/c1-4-11-24-25-14(3)17(13(2)18(21)20(25)27)19(26)23-12-5-6-15-7-9-16(22)10-8-15/h7-10,24H,4-6,11-12H2,1-3H3,(H,23,26). The van der Waals surface area contributed by atoms with Gasteiger partial charge in [-0.2, -0.15) is 0 Å². The van der Waals surface area contributed by atoms with E-state index in [1.807, 2.05) is 31.2 Å². The molecule has 0 saturated heterocycles. The van der Waals surface area contributed by atoms with Crippen LogP contribution in [0.4, 0.5) is 0 Å². The lowest BCUT2D eigenvalue weighted by Gasteiger charge is -2.18. The van der Waals surface area contributed by atoms with E-state index in [1.165, 1.54) is 10.2 Å². The largest absolute Gasteiger partial charge is 0.352 e. The molecule has 2 aromatic rings. The monoisotopic (exact) mass is 453 g/mol. The zero-order chi connectivity index (χ0) is 20.0. The van der Waals surface area contributed by atoms with Gasteiger partial charge in [0.1, 0.15) is 0 Å². The van der Waals surface area contributed by atoms with Crippen molar-refractivity contribution in [3.05, 3.63) is 66.5 Å². The van der Waals surface area contributed by atoms with Gasteiger partial charge >= 0.3 is 0 Å². The summed E-state index contributed by atoms with van der Waals surface area (Å²) in [6.07, 6.45) is 2.56. The number of aromatic nitrogens is 1. The Morgan fingerprint density at radius 3 is 2.48 bits per heavy atom. The van der Waals surface area contributed by atoms with Crippen molar-refractivity contribution < 1.29 is 4.79 Å². The van der Waals surface area contributed by atoms with Crippen LogP contribution in [0.2, 0.25) is 5.02 Å². The summed E-state index contributed by atoms with van der Waals surface area (Å²) in [6.45, 7) is 6.79. The Balaban J connectivity index is 2.07. The van der Waals surface area contributed by atoms with Crippen LogP contribution in [-0.4, -0.2) is 23.7 Å². The number of carbonyl (C=O) groups excluding carboxylic acids is 1. The number of hydrogen-bond donors (Lipinski definition) is 2. The van der Waals surface area contributed by atoms with Gasteiger partial charge in [-0.3, -0.25) is 9.59 Å². The highest BCUT2D eigenvalue weighted by Gasteiger charge is 2.20. The second kappa shape index (κ2) is 9.95. The first-order valence-corrected chi connectivity index (χ1v) is 10.2. The van der Waals surface area contributed by atoms with Crippen LogP contribution in [0.1, 0.15) is 46.9 Å². The van der Waals surface area contributed by atoms with Gasteiger partial charge in [-0.05, 0) is 72.3 Å². The molecular weight excluding hydrogens is 430 g/mol. The molecule has 0 atom stereocenters. The van der Waals surface area contributed by atoms with Crippen molar-refractivity contribution in [2.45, 2.75) is 40.0 Å². The third-order valence-electron chi connectivity index (χ3n) is 4.38. The summed E-state index contributed by atoms with van der Waals surface area (Å²) in [4.78, 5) is 25.2. The fourth-order valence-electron chi connectivity index (χ4n) is 2.89. The van der Waals surface area contributed by atoms with Crippen molar-refractivity contribution in [2.75, 3.05) is 18.5 Å². The first kappa shape index (κ1) is 21.5. The molecule has 1 heterocycles. The highest BCUT2D eigenvalue weighted by Crippen LogP contribution is 2.19. The lowest BCUT2D eigenvalue weighted by Crippen LogP contribution is -2.36. The summed E-state index contributed by atoms with van der Waals surface area (Å²) >= 11 is 9.22. The van der Waals surface area contributed by atoms with Crippen LogP contribution in [0.3, 0.4) is 0 Å². The molecule has 2 rings (SSSR count). The van der Waals surface area contributed by atoms with E-state index in [4.69, 9.17) is 11.6 Å². The molecule has 1 amide bonds.